The van der Waals surface area contributed by atoms with Crippen molar-refractivity contribution in [3.8, 4) is 10.6 Å². The van der Waals surface area contributed by atoms with Crippen molar-refractivity contribution in [2.45, 2.75) is 13.3 Å². The zero-order valence-electron chi connectivity index (χ0n) is 12.3. The molecule has 0 unspecified atom stereocenters. The maximum Gasteiger partial charge on any atom is 0.170 e. The average Bonchev–Trinajstić information content (AvgIpc) is 2.97. The average molecular weight is 327 g/mol. The lowest BCUT2D eigenvalue weighted by Crippen LogP contribution is -2.28. The van der Waals surface area contributed by atoms with Crippen molar-refractivity contribution in [1.29, 1.82) is 0 Å². The third-order valence-corrected chi connectivity index (χ3v) is 4.55. The number of fused-ring (bicyclic) bond motifs is 1. The Hall–Kier alpha value is -1.98. The van der Waals surface area contributed by atoms with Crippen LogP contribution in [0.5, 0.6) is 0 Å². The highest BCUT2D eigenvalue weighted by molar-refractivity contribution is 7.80. The predicted octanol–water partition coefficient (Wildman–Crippen LogP) is 4.66. The molecular weight excluding hydrogens is 310 g/mol. The van der Waals surface area contributed by atoms with Crippen LogP contribution in [0.2, 0.25) is 0 Å². The van der Waals surface area contributed by atoms with Crippen molar-refractivity contribution in [2.24, 2.45) is 0 Å². The van der Waals surface area contributed by atoms with Crippen molar-refractivity contribution < 1.29 is 0 Å². The van der Waals surface area contributed by atoms with E-state index >= 15 is 0 Å². The van der Waals surface area contributed by atoms with Gasteiger partial charge in [0.15, 0.2) is 5.11 Å². The summed E-state index contributed by atoms with van der Waals surface area (Å²) >= 11 is 6.95. The molecule has 0 fully saturated rings. The highest BCUT2D eigenvalue weighted by Gasteiger charge is 2.06. The molecule has 1 aromatic heterocycles. The maximum atomic E-state index is 5.24. The fraction of sp³-hybridized carbons (Fsp3) is 0.176. The van der Waals surface area contributed by atoms with Gasteiger partial charge in [0.25, 0.3) is 0 Å². The van der Waals surface area contributed by atoms with Gasteiger partial charge in [-0.2, -0.15) is 0 Å². The van der Waals surface area contributed by atoms with Crippen LogP contribution in [0.4, 0.5) is 5.69 Å². The molecule has 2 N–H and O–H groups in total. The lowest BCUT2D eigenvalue weighted by atomic mass is 10.2. The van der Waals surface area contributed by atoms with Gasteiger partial charge in [-0.05, 0) is 55.0 Å². The molecule has 0 aliphatic rings. The van der Waals surface area contributed by atoms with E-state index in [1.165, 1.54) is 4.70 Å². The largest absolute Gasteiger partial charge is 0.362 e. The van der Waals surface area contributed by atoms with E-state index in [0.717, 1.165) is 34.7 Å². The Balaban J connectivity index is 1.74. The van der Waals surface area contributed by atoms with E-state index in [9.17, 15) is 0 Å². The van der Waals surface area contributed by atoms with Gasteiger partial charge >= 0.3 is 0 Å². The number of aromatic nitrogens is 1. The lowest BCUT2D eigenvalue weighted by molar-refractivity contribution is 0.846. The Kier molecular flexibility index (Phi) is 4.65. The molecular formula is C17H17N3S2. The van der Waals surface area contributed by atoms with E-state index in [-0.39, 0.29) is 0 Å². The van der Waals surface area contributed by atoms with Crippen molar-refractivity contribution in [2.75, 3.05) is 11.9 Å². The van der Waals surface area contributed by atoms with Gasteiger partial charge in [-0.15, -0.1) is 11.3 Å². The molecule has 0 radical (unpaired) electrons. The molecule has 2 aromatic carbocycles. The van der Waals surface area contributed by atoms with Gasteiger partial charge in [-0.25, -0.2) is 4.98 Å². The minimum Gasteiger partial charge on any atom is -0.362 e. The van der Waals surface area contributed by atoms with Gasteiger partial charge in [-0.1, -0.05) is 19.1 Å². The van der Waals surface area contributed by atoms with Crippen molar-refractivity contribution in [1.82, 2.24) is 10.3 Å². The first-order valence-electron chi connectivity index (χ1n) is 7.27. The maximum absolute atomic E-state index is 5.24. The molecule has 0 saturated heterocycles. The zero-order chi connectivity index (χ0) is 15.4. The molecule has 0 amide bonds. The summed E-state index contributed by atoms with van der Waals surface area (Å²) in [6.07, 6.45) is 1.05. The molecule has 0 aliphatic carbocycles. The van der Waals surface area contributed by atoms with Crippen LogP contribution in [0.15, 0.2) is 48.5 Å². The highest BCUT2D eigenvalue weighted by atomic mass is 32.1. The van der Waals surface area contributed by atoms with E-state index in [2.05, 4.69) is 40.7 Å². The SMILES string of the molecule is CCCNC(=S)Nc1ccc(-c2nc3ccccc3s2)cc1. The van der Waals surface area contributed by atoms with E-state index in [0.29, 0.717) is 5.11 Å². The molecule has 0 atom stereocenters. The normalized spacial score (nSPS) is 10.6. The molecule has 0 saturated carbocycles. The highest BCUT2D eigenvalue weighted by Crippen LogP contribution is 2.30. The zero-order valence-corrected chi connectivity index (χ0v) is 13.9. The summed E-state index contributed by atoms with van der Waals surface area (Å²) in [5.74, 6) is 0. The smallest absolute Gasteiger partial charge is 0.170 e. The van der Waals surface area contributed by atoms with Crippen molar-refractivity contribution >= 4 is 44.6 Å². The minimum atomic E-state index is 0.662. The van der Waals surface area contributed by atoms with Gasteiger partial charge in [-0.3, -0.25) is 0 Å². The first kappa shape index (κ1) is 14.9. The summed E-state index contributed by atoms with van der Waals surface area (Å²) in [6.45, 7) is 3.00. The fourth-order valence-corrected chi connectivity index (χ4v) is 3.30. The van der Waals surface area contributed by atoms with E-state index in [1.807, 2.05) is 30.3 Å². The number of thiazole rings is 1. The van der Waals surface area contributed by atoms with E-state index < -0.39 is 0 Å². The van der Waals surface area contributed by atoms with Gasteiger partial charge in [0, 0.05) is 17.8 Å². The number of hydrogen-bond donors (Lipinski definition) is 2. The number of nitrogens with one attached hydrogen (secondary N) is 2. The second-order valence-electron chi connectivity index (χ2n) is 4.94. The van der Waals surface area contributed by atoms with Gasteiger partial charge in [0.05, 0.1) is 10.2 Å². The van der Waals surface area contributed by atoms with Crippen LogP contribution in [0, 0.1) is 0 Å². The number of rotatable bonds is 4. The van der Waals surface area contributed by atoms with E-state index in [1.54, 1.807) is 11.3 Å². The van der Waals surface area contributed by atoms with Crippen molar-refractivity contribution in [3.05, 3.63) is 48.5 Å². The molecule has 5 heteroatoms. The Bertz CT molecular complexity index is 745. The van der Waals surface area contributed by atoms with Crippen LogP contribution in [0.25, 0.3) is 20.8 Å². The first-order chi connectivity index (χ1) is 10.8. The summed E-state index contributed by atoms with van der Waals surface area (Å²) in [7, 11) is 0. The van der Waals surface area contributed by atoms with Gasteiger partial charge in [0.2, 0.25) is 0 Å². The Morgan fingerprint density at radius 1 is 1.14 bits per heavy atom. The number of para-hydroxylation sites is 1. The first-order valence-corrected chi connectivity index (χ1v) is 8.49. The quantitative estimate of drug-likeness (QED) is 0.683. The molecule has 3 nitrogen and oxygen atoms in total. The monoisotopic (exact) mass is 327 g/mol. The van der Waals surface area contributed by atoms with Crippen LogP contribution >= 0.6 is 23.6 Å². The fourth-order valence-electron chi connectivity index (χ4n) is 2.11. The number of thiocarbonyl (C=S) groups is 1. The summed E-state index contributed by atoms with van der Waals surface area (Å²) in [5, 5.41) is 8.04. The van der Waals surface area contributed by atoms with Gasteiger partial charge in [0.1, 0.15) is 5.01 Å². The molecule has 3 rings (SSSR count). The van der Waals surface area contributed by atoms with Crippen LogP contribution < -0.4 is 10.6 Å². The predicted molar refractivity (Wildman–Crippen MR) is 99.6 cm³/mol. The molecule has 22 heavy (non-hydrogen) atoms. The Morgan fingerprint density at radius 2 is 1.91 bits per heavy atom. The second kappa shape index (κ2) is 6.85. The lowest BCUT2D eigenvalue weighted by Gasteiger charge is -2.09. The van der Waals surface area contributed by atoms with Crippen molar-refractivity contribution in [3.63, 3.8) is 0 Å². The summed E-state index contributed by atoms with van der Waals surface area (Å²) in [6, 6.07) is 16.4. The van der Waals surface area contributed by atoms with Gasteiger partial charge < -0.3 is 10.6 Å². The summed E-state index contributed by atoms with van der Waals surface area (Å²) < 4.78 is 1.21. The number of hydrogen-bond acceptors (Lipinski definition) is 3. The number of anilines is 1. The Morgan fingerprint density at radius 3 is 2.64 bits per heavy atom. The third kappa shape index (κ3) is 3.43. The number of nitrogens with zero attached hydrogens (tertiary/aromatic N) is 1. The van der Waals surface area contributed by atoms with E-state index in [4.69, 9.17) is 12.2 Å². The van der Waals surface area contributed by atoms with Crippen LogP contribution in [0.3, 0.4) is 0 Å². The standard InChI is InChI=1S/C17H17N3S2/c1-2-11-18-17(21)19-13-9-7-12(8-10-13)16-20-14-5-3-4-6-15(14)22-16/h3-10H,2,11H2,1H3,(H2,18,19,21). The number of benzene rings is 2. The Labute approximate surface area is 139 Å². The molecule has 3 aromatic rings. The topological polar surface area (TPSA) is 37.0 Å². The third-order valence-electron chi connectivity index (χ3n) is 3.22. The molecule has 1 heterocycles. The van der Waals surface area contributed by atoms with Crippen LogP contribution in [0.1, 0.15) is 13.3 Å². The summed E-state index contributed by atoms with van der Waals surface area (Å²) in [5.41, 5.74) is 3.16. The molecule has 0 spiro atoms. The minimum absolute atomic E-state index is 0.662. The van der Waals surface area contributed by atoms with Crippen LogP contribution in [-0.4, -0.2) is 16.6 Å². The summed E-state index contributed by atoms with van der Waals surface area (Å²) in [4.78, 5) is 4.67. The molecule has 112 valence electrons. The second-order valence-corrected chi connectivity index (χ2v) is 6.38. The van der Waals surface area contributed by atoms with Crippen LogP contribution in [-0.2, 0) is 0 Å². The molecule has 0 aliphatic heterocycles. The molecule has 0 bridgehead atoms.